The molecule has 0 fully saturated rings. The molecule has 3 aromatic carbocycles. The van der Waals surface area contributed by atoms with Gasteiger partial charge in [0.1, 0.15) is 11.3 Å². The van der Waals surface area contributed by atoms with Gasteiger partial charge in [0.05, 0.1) is 5.39 Å². The summed E-state index contributed by atoms with van der Waals surface area (Å²) in [6.45, 7) is 0. The first kappa shape index (κ1) is 15.0. The third-order valence-electron chi connectivity index (χ3n) is 3.90. The Morgan fingerprint density at radius 1 is 0.960 bits per heavy atom. The molecule has 0 radical (unpaired) electrons. The van der Waals surface area contributed by atoms with Gasteiger partial charge >= 0.3 is 0 Å². The normalized spacial score (nSPS) is 10.7. The molecule has 0 aliphatic rings. The molecule has 0 aliphatic carbocycles. The van der Waals surface area contributed by atoms with Crippen LogP contribution in [0.4, 0.5) is 5.69 Å². The standard InChI is InChI=1S/C20H14N2O3/c23-16-9-7-15(8-10-16)21-20(24)14-6-11-18-17(12-14)19(25-22-18)13-4-2-1-3-5-13/h1-12,23H,(H,21,24). The van der Waals surface area contributed by atoms with Gasteiger partial charge in [-0.2, -0.15) is 0 Å². The van der Waals surface area contributed by atoms with E-state index in [9.17, 15) is 9.90 Å². The van der Waals surface area contributed by atoms with Crippen molar-refractivity contribution >= 4 is 22.5 Å². The minimum absolute atomic E-state index is 0.149. The molecule has 25 heavy (non-hydrogen) atoms. The second kappa shape index (κ2) is 6.13. The fourth-order valence-electron chi connectivity index (χ4n) is 2.63. The fourth-order valence-corrected chi connectivity index (χ4v) is 2.63. The molecule has 0 saturated carbocycles. The molecule has 2 N–H and O–H groups in total. The van der Waals surface area contributed by atoms with Crippen LogP contribution in [0, 0.1) is 0 Å². The summed E-state index contributed by atoms with van der Waals surface area (Å²) in [5, 5.41) is 16.9. The number of fused-ring (bicyclic) bond motifs is 1. The van der Waals surface area contributed by atoms with Crippen LogP contribution in [0.3, 0.4) is 0 Å². The second-order valence-corrected chi connectivity index (χ2v) is 5.61. The number of rotatable bonds is 3. The van der Waals surface area contributed by atoms with E-state index in [1.807, 2.05) is 30.3 Å². The van der Waals surface area contributed by atoms with E-state index < -0.39 is 0 Å². The number of carbonyl (C=O) groups excluding carboxylic acids is 1. The van der Waals surface area contributed by atoms with Gasteiger partial charge in [-0.3, -0.25) is 4.79 Å². The molecule has 1 aromatic heterocycles. The fraction of sp³-hybridized carbons (Fsp3) is 0. The number of aromatic nitrogens is 1. The topological polar surface area (TPSA) is 75.4 Å². The van der Waals surface area contributed by atoms with Crippen molar-refractivity contribution in [2.45, 2.75) is 0 Å². The lowest BCUT2D eigenvalue weighted by Gasteiger charge is -2.05. The molecule has 1 heterocycles. The van der Waals surface area contributed by atoms with Crippen LogP contribution in [0.1, 0.15) is 10.4 Å². The van der Waals surface area contributed by atoms with E-state index in [0.29, 0.717) is 22.5 Å². The van der Waals surface area contributed by atoms with Gasteiger partial charge in [-0.05, 0) is 42.5 Å². The van der Waals surface area contributed by atoms with E-state index >= 15 is 0 Å². The van der Waals surface area contributed by atoms with Crippen molar-refractivity contribution in [2.24, 2.45) is 0 Å². The summed E-state index contributed by atoms with van der Waals surface area (Å²) in [6, 6.07) is 21.2. The largest absolute Gasteiger partial charge is 0.508 e. The zero-order chi connectivity index (χ0) is 17.2. The molecule has 1 amide bonds. The summed E-state index contributed by atoms with van der Waals surface area (Å²) in [5.74, 6) is 0.541. The molecule has 4 rings (SSSR count). The van der Waals surface area contributed by atoms with Crippen LogP contribution < -0.4 is 5.32 Å². The Bertz CT molecular complexity index is 1040. The molecular formula is C20H14N2O3. The highest BCUT2D eigenvalue weighted by atomic mass is 16.5. The number of anilines is 1. The third kappa shape index (κ3) is 2.95. The van der Waals surface area contributed by atoms with E-state index in [2.05, 4.69) is 10.5 Å². The Kier molecular flexibility index (Phi) is 3.67. The number of nitrogens with one attached hydrogen (secondary N) is 1. The molecule has 0 unspecified atom stereocenters. The van der Waals surface area contributed by atoms with Gasteiger partial charge < -0.3 is 14.9 Å². The van der Waals surface area contributed by atoms with Crippen LogP contribution in [0.25, 0.3) is 22.2 Å². The molecule has 0 saturated heterocycles. The number of aromatic hydroxyl groups is 1. The van der Waals surface area contributed by atoms with Crippen LogP contribution in [0.5, 0.6) is 5.75 Å². The van der Waals surface area contributed by atoms with Crippen molar-refractivity contribution in [3.05, 3.63) is 78.4 Å². The zero-order valence-electron chi connectivity index (χ0n) is 13.1. The summed E-state index contributed by atoms with van der Waals surface area (Å²) in [6.07, 6.45) is 0. The number of phenolic OH excluding ortho intramolecular Hbond substituents is 1. The Hall–Kier alpha value is -3.60. The Morgan fingerprint density at radius 2 is 1.72 bits per heavy atom. The zero-order valence-corrected chi connectivity index (χ0v) is 13.1. The molecule has 0 bridgehead atoms. The average Bonchev–Trinajstić information content (AvgIpc) is 3.07. The average molecular weight is 330 g/mol. The van der Waals surface area contributed by atoms with Crippen LogP contribution in [-0.4, -0.2) is 16.2 Å². The smallest absolute Gasteiger partial charge is 0.255 e. The van der Waals surface area contributed by atoms with E-state index in [1.165, 1.54) is 12.1 Å². The monoisotopic (exact) mass is 330 g/mol. The van der Waals surface area contributed by atoms with Crippen molar-refractivity contribution < 1.29 is 14.4 Å². The summed E-state index contributed by atoms with van der Waals surface area (Å²) in [7, 11) is 0. The molecule has 0 spiro atoms. The molecule has 0 aliphatic heterocycles. The summed E-state index contributed by atoms with van der Waals surface area (Å²) < 4.78 is 5.46. The van der Waals surface area contributed by atoms with Crippen molar-refractivity contribution in [3.63, 3.8) is 0 Å². The van der Waals surface area contributed by atoms with Gasteiger partial charge in [-0.15, -0.1) is 0 Å². The minimum atomic E-state index is -0.243. The summed E-state index contributed by atoms with van der Waals surface area (Å²) in [4.78, 5) is 12.5. The first-order valence-electron chi connectivity index (χ1n) is 7.76. The lowest BCUT2D eigenvalue weighted by atomic mass is 10.1. The van der Waals surface area contributed by atoms with Crippen molar-refractivity contribution in [2.75, 3.05) is 5.32 Å². The summed E-state index contributed by atoms with van der Waals surface area (Å²) >= 11 is 0. The molecule has 5 heteroatoms. The first-order valence-corrected chi connectivity index (χ1v) is 7.76. The van der Waals surface area contributed by atoms with E-state index in [0.717, 1.165) is 10.9 Å². The number of benzene rings is 3. The maximum absolute atomic E-state index is 12.5. The van der Waals surface area contributed by atoms with Crippen LogP contribution in [0.2, 0.25) is 0 Å². The lowest BCUT2D eigenvalue weighted by molar-refractivity contribution is 0.102. The van der Waals surface area contributed by atoms with Gasteiger partial charge in [0.15, 0.2) is 5.76 Å². The number of phenols is 1. The molecule has 4 aromatic rings. The van der Waals surface area contributed by atoms with Crippen LogP contribution in [0.15, 0.2) is 77.3 Å². The second-order valence-electron chi connectivity index (χ2n) is 5.61. The minimum Gasteiger partial charge on any atom is -0.508 e. The number of hydrogen-bond donors (Lipinski definition) is 2. The van der Waals surface area contributed by atoms with Crippen LogP contribution >= 0.6 is 0 Å². The Balaban J connectivity index is 1.68. The predicted molar refractivity (Wildman–Crippen MR) is 95.5 cm³/mol. The van der Waals surface area contributed by atoms with Gasteiger partial charge in [0.2, 0.25) is 0 Å². The number of amides is 1. The summed E-state index contributed by atoms with van der Waals surface area (Å²) in [5.41, 5.74) is 2.71. The lowest BCUT2D eigenvalue weighted by Crippen LogP contribution is -2.11. The highest BCUT2D eigenvalue weighted by Gasteiger charge is 2.14. The third-order valence-corrected chi connectivity index (χ3v) is 3.90. The molecule has 122 valence electrons. The van der Waals surface area contributed by atoms with E-state index in [1.54, 1.807) is 30.3 Å². The van der Waals surface area contributed by atoms with Crippen LogP contribution in [-0.2, 0) is 0 Å². The quantitative estimate of drug-likeness (QED) is 0.544. The number of carbonyl (C=O) groups is 1. The van der Waals surface area contributed by atoms with Crippen molar-refractivity contribution in [3.8, 4) is 17.1 Å². The van der Waals surface area contributed by atoms with Gasteiger partial charge in [-0.1, -0.05) is 35.5 Å². The molecule has 0 atom stereocenters. The highest BCUT2D eigenvalue weighted by molar-refractivity contribution is 6.07. The maximum Gasteiger partial charge on any atom is 0.255 e. The Labute approximate surface area is 143 Å². The van der Waals surface area contributed by atoms with Crippen molar-refractivity contribution in [1.82, 2.24) is 5.16 Å². The first-order chi connectivity index (χ1) is 12.2. The SMILES string of the molecule is O=C(Nc1ccc(O)cc1)c1ccc2noc(-c3ccccc3)c2c1. The van der Waals surface area contributed by atoms with Crippen molar-refractivity contribution in [1.29, 1.82) is 0 Å². The molecular weight excluding hydrogens is 316 g/mol. The van der Waals surface area contributed by atoms with Gasteiger partial charge in [0, 0.05) is 16.8 Å². The number of hydrogen-bond acceptors (Lipinski definition) is 4. The van der Waals surface area contributed by atoms with E-state index in [4.69, 9.17) is 4.52 Å². The van der Waals surface area contributed by atoms with Gasteiger partial charge in [-0.25, -0.2) is 0 Å². The van der Waals surface area contributed by atoms with E-state index in [-0.39, 0.29) is 11.7 Å². The maximum atomic E-state index is 12.5. The Morgan fingerprint density at radius 3 is 2.48 bits per heavy atom. The van der Waals surface area contributed by atoms with Gasteiger partial charge in [0.25, 0.3) is 5.91 Å². The predicted octanol–water partition coefficient (Wildman–Crippen LogP) is 4.45. The highest BCUT2D eigenvalue weighted by Crippen LogP contribution is 2.29. The molecule has 5 nitrogen and oxygen atoms in total. The number of nitrogens with zero attached hydrogens (tertiary/aromatic N) is 1.